The Hall–Kier alpha value is -0.723. The van der Waals surface area contributed by atoms with Gasteiger partial charge in [0.15, 0.2) is 8.24 Å². The van der Waals surface area contributed by atoms with Gasteiger partial charge < -0.3 is 3.97 Å². The smallest absolute Gasteiger partial charge is 0.269 e. The van der Waals surface area contributed by atoms with Gasteiger partial charge in [0, 0.05) is 17.8 Å². The minimum atomic E-state index is -1.58. The van der Waals surface area contributed by atoms with Gasteiger partial charge in [-0.2, -0.15) is 0 Å². The second-order valence-electron chi connectivity index (χ2n) is 4.31. The van der Waals surface area contributed by atoms with E-state index in [-0.39, 0.29) is 5.69 Å². The molecule has 0 heterocycles. The van der Waals surface area contributed by atoms with Crippen LogP contribution in [0.3, 0.4) is 0 Å². The fraction of sp³-hybridized carbons (Fsp3) is 0.333. The van der Waals surface area contributed by atoms with E-state index in [2.05, 4.69) is 19.6 Å². The second kappa shape index (κ2) is 5.07. The van der Waals surface area contributed by atoms with Gasteiger partial charge in [-0.15, -0.1) is 0 Å². The normalized spacial score (nSPS) is 11.2. The van der Waals surface area contributed by atoms with Crippen LogP contribution < -0.4 is 3.97 Å². The summed E-state index contributed by atoms with van der Waals surface area (Å²) in [6.45, 7) is 6.47. The van der Waals surface area contributed by atoms with Crippen molar-refractivity contribution in [3.8, 4) is 0 Å². The van der Waals surface area contributed by atoms with Crippen LogP contribution in [0.2, 0.25) is 19.6 Å². The summed E-state index contributed by atoms with van der Waals surface area (Å²) >= 11 is 1.14. The lowest BCUT2D eigenvalue weighted by Crippen LogP contribution is -2.40. The Morgan fingerprint density at radius 3 is 2.12 bits per heavy atom. The van der Waals surface area contributed by atoms with Crippen molar-refractivity contribution >= 4 is 41.5 Å². The Bertz CT molecular complexity index is 380. The van der Waals surface area contributed by atoms with E-state index >= 15 is 0 Å². The predicted octanol–water partition coefficient (Wildman–Crippen LogP) is 4.04. The summed E-state index contributed by atoms with van der Waals surface area (Å²) in [5.74, 6) is 0. The van der Waals surface area contributed by atoms with Gasteiger partial charge in [0.25, 0.3) is 5.69 Å². The molecule has 0 aliphatic heterocycles. The van der Waals surface area contributed by atoms with Crippen LogP contribution in [-0.2, 0) is 0 Å². The molecule has 88 valence electrons. The number of anilines is 1. The predicted molar refractivity (Wildman–Crippen MR) is 72.4 cm³/mol. The molecule has 16 heavy (non-hydrogen) atoms. The van der Waals surface area contributed by atoms with Crippen LogP contribution in [0.1, 0.15) is 0 Å². The second-order valence-corrected chi connectivity index (χ2v) is 10.3. The minimum Gasteiger partial charge on any atom is -0.331 e. The maximum Gasteiger partial charge on any atom is 0.269 e. The molecular formula is C9H13ClN2O2SSi. The zero-order chi connectivity index (χ0) is 12.3. The number of hydrogen-bond acceptors (Lipinski definition) is 4. The Balaban J connectivity index is 3.00. The summed E-state index contributed by atoms with van der Waals surface area (Å²) in [7, 11) is 4.25. The Kier molecular flexibility index (Phi) is 4.23. The molecule has 4 nitrogen and oxygen atoms in total. The lowest BCUT2D eigenvalue weighted by atomic mass is 10.3. The van der Waals surface area contributed by atoms with E-state index in [1.165, 1.54) is 12.1 Å². The van der Waals surface area contributed by atoms with Crippen LogP contribution in [0.15, 0.2) is 24.3 Å². The Morgan fingerprint density at radius 1 is 1.31 bits per heavy atom. The molecule has 1 rings (SSSR count). The van der Waals surface area contributed by atoms with Crippen molar-refractivity contribution in [2.24, 2.45) is 0 Å². The Morgan fingerprint density at radius 2 is 1.81 bits per heavy atom. The average molecular weight is 277 g/mol. The zero-order valence-corrected chi connectivity index (χ0v) is 11.9. The number of halogens is 1. The summed E-state index contributed by atoms with van der Waals surface area (Å²) in [5.41, 5.74) is 1.00. The number of hydrogen-bond donors (Lipinski definition) is 0. The highest BCUT2D eigenvalue weighted by molar-refractivity contribution is 8.23. The standard InChI is InChI=1S/C9H13ClN2O2SSi/c1-16(2,3)12(15-10)9-6-4-8(5-7-9)11(13)14/h4-7H,1-3H3. The topological polar surface area (TPSA) is 46.4 Å². The molecule has 0 N–H and O–H groups in total. The molecule has 0 aliphatic carbocycles. The molecule has 1 aromatic rings. The number of nitrogens with zero attached hydrogens (tertiary/aromatic N) is 2. The van der Waals surface area contributed by atoms with Crippen molar-refractivity contribution in [1.82, 2.24) is 0 Å². The molecule has 0 unspecified atom stereocenters. The van der Waals surface area contributed by atoms with Gasteiger partial charge in [0.2, 0.25) is 0 Å². The van der Waals surface area contributed by atoms with Crippen molar-refractivity contribution in [3.05, 3.63) is 34.4 Å². The van der Waals surface area contributed by atoms with Crippen molar-refractivity contribution in [2.75, 3.05) is 3.97 Å². The molecule has 0 amide bonds. The van der Waals surface area contributed by atoms with E-state index in [1.807, 2.05) is 3.97 Å². The van der Waals surface area contributed by atoms with Crippen LogP contribution in [0.5, 0.6) is 0 Å². The molecule has 0 bridgehead atoms. The number of rotatable bonds is 4. The molecule has 0 aromatic heterocycles. The lowest BCUT2D eigenvalue weighted by Gasteiger charge is -2.32. The van der Waals surface area contributed by atoms with Crippen LogP contribution in [-0.4, -0.2) is 13.2 Å². The van der Waals surface area contributed by atoms with E-state index in [0.29, 0.717) is 0 Å². The molecule has 0 spiro atoms. The van der Waals surface area contributed by atoms with Gasteiger partial charge in [-0.1, -0.05) is 19.6 Å². The first-order chi connectivity index (χ1) is 7.36. The minimum absolute atomic E-state index is 0.0962. The lowest BCUT2D eigenvalue weighted by molar-refractivity contribution is -0.384. The van der Waals surface area contributed by atoms with Gasteiger partial charge in [0.1, 0.15) is 0 Å². The first kappa shape index (κ1) is 13.3. The monoisotopic (exact) mass is 276 g/mol. The molecule has 0 fully saturated rings. The van der Waals surface area contributed by atoms with Crippen LogP contribution in [0.25, 0.3) is 0 Å². The third kappa shape index (κ3) is 3.13. The van der Waals surface area contributed by atoms with Crippen molar-refractivity contribution in [1.29, 1.82) is 0 Å². The highest BCUT2D eigenvalue weighted by Crippen LogP contribution is 2.32. The Labute approximate surface area is 104 Å². The van der Waals surface area contributed by atoms with Gasteiger partial charge >= 0.3 is 0 Å². The average Bonchev–Trinajstić information content (AvgIpc) is 2.17. The fourth-order valence-electron chi connectivity index (χ4n) is 1.24. The van der Waals surface area contributed by atoms with Gasteiger partial charge in [-0.05, 0) is 22.8 Å². The van der Waals surface area contributed by atoms with Gasteiger partial charge in [-0.3, -0.25) is 10.1 Å². The summed E-state index contributed by atoms with van der Waals surface area (Å²) in [6.07, 6.45) is 0. The quantitative estimate of drug-likeness (QED) is 0.360. The van der Waals surface area contributed by atoms with E-state index in [0.717, 1.165) is 16.8 Å². The summed E-state index contributed by atoms with van der Waals surface area (Å²) in [6, 6.07) is 6.45. The molecule has 0 atom stereocenters. The molecule has 0 saturated carbocycles. The van der Waals surface area contributed by atoms with Crippen LogP contribution in [0, 0.1) is 10.1 Å². The maximum atomic E-state index is 10.5. The summed E-state index contributed by atoms with van der Waals surface area (Å²) in [5, 5.41) is 10.5. The zero-order valence-electron chi connectivity index (χ0n) is 9.31. The molecule has 0 radical (unpaired) electrons. The van der Waals surface area contributed by atoms with Crippen molar-refractivity contribution in [2.45, 2.75) is 19.6 Å². The van der Waals surface area contributed by atoms with Gasteiger partial charge in [0.05, 0.1) is 16.1 Å². The third-order valence-corrected chi connectivity index (χ3v) is 6.48. The first-order valence-electron chi connectivity index (χ1n) is 4.69. The number of nitro benzene ring substituents is 1. The highest BCUT2D eigenvalue weighted by atomic mass is 35.7. The van der Waals surface area contributed by atoms with Crippen molar-refractivity contribution in [3.63, 3.8) is 0 Å². The molecule has 1 aromatic carbocycles. The maximum absolute atomic E-state index is 10.5. The third-order valence-electron chi connectivity index (χ3n) is 1.97. The molecule has 7 heteroatoms. The number of nitro groups is 1. The first-order valence-corrected chi connectivity index (χ1v) is 9.74. The van der Waals surface area contributed by atoms with E-state index < -0.39 is 13.2 Å². The van der Waals surface area contributed by atoms with E-state index in [4.69, 9.17) is 10.7 Å². The SMILES string of the molecule is C[Si](C)(C)N(SCl)c1ccc([N+](=O)[O-])cc1. The molecular weight excluding hydrogens is 264 g/mol. The summed E-state index contributed by atoms with van der Waals surface area (Å²) in [4.78, 5) is 10.1. The largest absolute Gasteiger partial charge is 0.331 e. The fourth-order valence-corrected chi connectivity index (χ4v) is 5.30. The number of benzene rings is 1. The van der Waals surface area contributed by atoms with Crippen LogP contribution >= 0.6 is 21.8 Å². The summed E-state index contributed by atoms with van der Waals surface area (Å²) < 4.78 is 2.03. The molecule has 0 aliphatic rings. The molecule has 0 saturated heterocycles. The van der Waals surface area contributed by atoms with Crippen molar-refractivity contribution < 1.29 is 4.92 Å². The van der Waals surface area contributed by atoms with Crippen LogP contribution in [0.4, 0.5) is 11.4 Å². The van der Waals surface area contributed by atoms with Gasteiger partial charge in [-0.25, -0.2) is 0 Å². The van der Waals surface area contributed by atoms with E-state index in [9.17, 15) is 10.1 Å². The number of non-ortho nitro benzene ring substituents is 1. The van der Waals surface area contributed by atoms with E-state index in [1.54, 1.807) is 12.1 Å². The highest BCUT2D eigenvalue weighted by Gasteiger charge is 2.25.